The molecule has 0 atom stereocenters. The number of benzene rings is 1. The van der Waals surface area contributed by atoms with Gasteiger partial charge in [-0.05, 0) is 24.3 Å². The Morgan fingerprint density at radius 3 is 2.00 bits per heavy atom. The lowest BCUT2D eigenvalue weighted by Crippen LogP contribution is -2.36. The highest BCUT2D eigenvalue weighted by molar-refractivity contribution is 5.91. The van der Waals surface area contributed by atoms with Crippen LogP contribution in [-0.4, -0.2) is 32.6 Å². The van der Waals surface area contributed by atoms with Crippen molar-refractivity contribution in [2.24, 2.45) is 0 Å². The molecule has 0 aliphatic carbocycles. The zero-order chi connectivity index (χ0) is 15.3. The largest absolute Gasteiger partial charge is 0.544 e. The fourth-order valence-electron chi connectivity index (χ4n) is 1.23. The van der Waals surface area contributed by atoms with Gasteiger partial charge in [0.1, 0.15) is 0 Å². The Bertz CT molecular complexity index is 486. The number of hydroxylamine groups is 1. The van der Waals surface area contributed by atoms with Crippen molar-refractivity contribution in [3.05, 3.63) is 29.8 Å². The van der Waals surface area contributed by atoms with Crippen LogP contribution in [-0.2, 0) is 14.3 Å². The topological polar surface area (TPSA) is 65.1 Å². The molecular formula is C11H10F3NO5. The molecule has 0 bridgehead atoms. The van der Waals surface area contributed by atoms with Gasteiger partial charge in [-0.3, -0.25) is 0 Å². The molecule has 110 valence electrons. The Kier molecular flexibility index (Phi) is 4.92. The first-order valence-corrected chi connectivity index (χ1v) is 5.11. The van der Waals surface area contributed by atoms with E-state index in [9.17, 15) is 22.8 Å². The zero-order valence-electron chi connectivity index (χ0n) is 10.4. The van der Waals surface area contributed by atoms with E-state index in [0.717, 1.165) is 26.4 Å². The molecule has 0 saturated heterocycles. The number of carbonyl (C=O) groups excluding carboxylic acids is 2. The van der Waals surface area contributed by atoms with Crippen molar-refractivity contribution in [3.8, 4) is 0 Å². The Balaban J connectivity index is 3.02. The molecule has 9 heteroatoms. The number of nitrogens with zero attached hydrogens (tertiary/aromatic N) is 1. The van der Waals surface area contributed by atoms with Crippen LogP contribution in [0.25, 0.3) is 0 Å². The van der Waals surface area contributed by atoms with Crippen LogP contribution < -0.4 is 5.06 Å². The molecule has 6 nitrogen and oxygen atoms in total. The third kappa shape index (κ3) is 4.12. The van der Waals surface area contributed by atoms with E-state index in [0.29, 0.717) is 0 Å². The first-order valence-electron chi connectivity index (χ1n) is 5.11. The summed E-state index contributed by atoms with van der Waals surface area (Å²) < 4.78 is 45.2. The van der Waals surface area contributed by atoms with Gasteiger partial charge in [-0.1, -0.05) is 0 Å². The molecule has 0 heterocycles. The van der Waals surface area contributed by atoms with E-state index in [4.69, 9.17) is 0 Å². The number of anilines is 1. The molecule has 1 aromatic carbocycles. The quantitative estimate of drug-likeness (QED) is 0.633. The zero-order valence-corrected chi connectivity index (χ0v) is 10.4. The van der Waals surface area contributed by atoms with Crippen molar-refractivity contribution in [2.45, 2.75) is 6.36 Å². The second kappa shape index (κ2) is 6.24. The van der Waals surface area contributed by atoms with Crippen LogP contribution in [0.2, 0.25) is 0 Å². The summed E-state index contributed by atoms with van der Waals surface area (Å²) in [5.41, 5.74) is -0.157. The van der Waals surface area contributed by atoms with Crippen LogP contribution in [0.1, 0.15) is 10.4 Å². The van der Waals surface area contributed by atoms with Gasteiger partial charge < -0.3 is 9.47 Å². The second-order valence-corrected chi connectivity index (χ2v) is 3.34. The summed E-state index contributed by atoms with van der Waals surface area (Å²) in [5, 5.41) is -0.0823. The van der Waals surface area contributed by atoms with Gasteiger partial charge >= 0.3 is 18.4 Å². The van der Waals surface area contributed by atoms with Crippen LogP contribution in [0.5, 0.6) is 0 Å². The van der Waals surface area contributed by atoms with E-state index in [1.807, 2.05) is 0 Å². The van der Waals surface area contributed by atoms with Gasteiger partial charge in [0.05, 0.1) is 25.5 Å². The molecule has 1 amide bonds. The molecule has 0 unspecified atom stereocenters. The first-order chi connectivity index (χ1) is 9.28. The number of alkyl halides is 3. The van der Waals surface area contributed by atoms with E-state index in [1.54, 1.807) is 0 Å². The van der Waals surface area contributed by atoms with Gasteiger partial charge in [0, 0.05) is 0 Å². The lowest BCUT2D eigenvalue weighted by atomic mass is 10.2. The number of amides is 1. The van der Waals surface area contributed by atoms with Crippen molar-refractivity contribution in [1.82, 2.24) is 0 Å². The number of halogens is 3. The fourth-order valence-corrected chi connectivity index (χ4v) is 1.23. The minimum Gasteiger partial charge on any atom is -0.465 e. The van der Waals surface area contributed by atoms with Crippen molar-refractivity contribution in [2.75, 3.05) is 19.3 Å². The van der Waals surface area contributed by atoms with Crippen molar-refractivity contribution in [1.29, 1.82) is 0 Å². The maximum absolute atomic E-state index is 12.2. The molecule has 0 radical (unpaired) electrons. The van der Waals surface area contributed by atoms with E-state index in [1.165, 1.54) is 12.1 Å². The summed E-state index contributed by atoms with van der Waals surface area (Å²) in [6.07, 6.45) is -6.44. The van der Waals surface area contributed by atoms with Gasteiger partial charge in [-0.15, -0.1) is 18.2 Å². The standard InChI is InChI=1S/C11H10F3NO5/c1-18-9(16)7-3-5-8(6-4-7)15(10(17)19-2)20-11(12,13)14/h3-6H,1-2H3. The molecule has 0 saturated carbocycles. The van der Waals surface area contributed by atoms with Crippen LogP contribution in [0.3, 0.4) is 0 Å². The summed E-state index contributed by atoms with van der Waals surface area (Å²) in [4.78, 5) is 26.0. The number of rotatable bonds is 3. The molecule has 0 fully saturated rings. The minimum atomic E-state index is -5.07. The molecule has 0 aromatic heterocycles. The van der Waals surface area contributed by atoms with Crippen molar-refractivity contribution < 1.29 is 37.1 Å². The highest BCUT2D eigenvalue weighted by Crippen LogP contribution is 2.24. The average molecular weight is 293 g/mol. The lowest BCUT2D eigenvalue weighted by Gasteiger charge is -2.21. The lowest BCUT2D eigenvalue weighted by molar-refractivity contribution is -0.326. The molecule has 20 heavy (non-hydrogen) atoms. The van der Waals surface area contributed by atoms with Gasteiger partial charge in [-0.2, -0.15) is 4.84 Å². The van der Waals surface area contributed by atoms with Crippen LogP contribution in [0.15, 0.2) is 24.3 Å². The third-order valence-electron chi connectivity index (χ3n) is 2.06. The van der Waals surface area contributed by atoms with Crippen molar-refractivity contribution in [3.63, 3.8) is 0 Å². The fraction of sp³-hybridized carbons (Fsp3) is 0.273. The molecule has 0 spiro atoms. The normalized spacial score (nSPS) is 10.8. The van der Waals surface area contributed by atoms with Gasteiger partial charge in [0.2, 0.25) is 0 Å². The van der Waals surface area contributed by atoms with Crippen LogP contribution in [0.4, 0.5) is 23.7 Å². The van der Waals surface area contributed by atoms with E-state index < -0.39 is 18.4 Å². The highest BCUT2D eigenvalue weighted by Gasteiger charge is 2.37. The van der Waals surface area contributed by atoms with Crippen LogP contribution >= 0.6 is 0 Å². The van der Waals surface area contributed by atoms with Crippen LogP contribution in [0, 0.1) is 0 Å². The molecule has 1 rings (SSSR count). The number of carbonyl (C=O) groups is 2. The third-order valence-corrected chi connectivity index (χ3v) is 2.06. The Morgan fingerprint density at radius 1 is 1.05 bits per heavy atom. The Labute approximate surface area is 111 Å². The molecule has 0 aliphatic heterocycles. The Hall–Kier alpha value is -2.29. The first kappa shape index (κ1) is 15.8. The predicted molar refractivity (Wildman–Crippen MR) is 59.8 cm³/mol. The number of hydrogen-bond donors (Lipinski definition) is 0. The monoisotopic (exact) mass is 293 g/mol. The molecular weight excluding hydrogens is 283 g/mol. The average Bonchev–Trinajstić information content (AvgIpc) is 2.42. The maximum atomic E-state index is 12.2. The number of hydrogen-bond acceptors (Lipinski definition) is 5. The van der Waals surface area contributed by atoms with Gasteiger partial charge in [-0.25, -0.2) is 9.59 Å². The predicted octanol–water partition coefficient (Wildman–Crippen LogP) is 2.50. The number of methoxy groups -OCH3 is 2. The Morgan fingerprint density at radius 2 is 1.60 bits per heavy atom. The summed E-state index contributed by atoms with van der Waals surface area (Å²) in [6.45, 7) is 0. The van der Waals surface area contributed by atoms with Gasteiger partial charge in [0.15, 0.2) is 0 Å². The second-order valence-electron chi connectivity index (χ2n) is 3.34. The summed E-state index contributed by atoms with van der Waals surface area (Å²) in [7, 11) is 2.06. The minimum absolute atomic E-state index is 0.0823. The summed E-state index contributed by atoms with van der Waals surface area (Å²) >= 11 is 0. The number of ether oxygens (including phenoxy) is 2. The highest BCUT2D eigenvalue weighted by atomic mass is 19.4. The smallest absolute Gasteiger partial charge is 0.465 e. The van der Waals surface area contributed by atoms with Crippen molar-refractivity contribution >= 4 is 17.7 Å². The summed E-state index contributed by atoms with van der Waals surface area (Å²) in [5.74, 6) is -0.669. The van der Waals surface area contributed by atoms with E-state index in [-0.39, 0.29) is 16.3 Å². The number of esters is 1. The molecule has 0 N–H and O–H groups in total. The SMILES string of the molecule is COC(=O)c1ccc(N(OC(F)(F)F)C(=O)OC)cc1. The van der Waals surface area contributed by atoms with E-state index in [2.05, 4.69) is 14.3 Å². The van der Waals surface area contributed by atoms with E-state index >= 15 is 0 Å². The molecule has 0 aliphatic rings. The maximum Gasteiger partial charge on any atom is 0.544 e. The summed E-state index contributed by atoms with van der Waals surface area (Å²) in [6, 6.07) is 4.51. The molecule has 1 aromatic rings. The van der Waals surface area contributed by atoms with Gasteiger partial charge in [0.25, 0.3) is 0 Å².